The number of ether oxygens (including phenoxy) is 1. The average molecular weight is 348 g/mol. The number of halogens is 1. The van der Waals surface area contributed by atoms with Gasteiger partial charge in [0.05, 0.1) is 12.2 Å². The fourth-order valence-corrected chi connectivity index (χ4v) is 2.41. The predicted octanol–water partition coefficient (Wildman–Crippen LogP) is 2.61. The Morgan fingerprint density at radius 1 is 1.28 bits per heavy atom. The lowest BCUT2D eigenvalue weighted by molar-refractivity contribution is 0.223. The quantitative estimate of drug-likeness (QED) is 0.594. The molecule has 136 valence electrons. The molecule has 0 aliphatic heterocycles. The Balaban J connectivity index is 1.73. The van der Waals surface area contributed by atoms with Gasteiger partial charge in [-0.2, -0.15) is 0 Å². The summed E-state index contributed by atoms with van der Waals surface area (Å²) >= 11 is 0. The highest BCUT2D eigenvalue weighted by molar-refractivity contribution is 5.79. The molecule has 2 N–H and O–H groups in total. The smallest absolute Gasteiger partial charge is 0.191 e. The van der Waals surface area contributed by atoms with E-state index in [1.165, 1.54) is 12.1 Å². The molecule has 1 aromatic heterocycles. The second-order valence-corrected chi connectivity index (χ2v) is 5.82. The zero-order valence-corrected chi connectivity index (χ0v) is 15.1. The highest BCUT2D eigenvalue weighted by Gasteiger charge is 2.09. The number of hydrogen-bond donors (Lipinski definition) is 2. The SMILES string of the molecule is CN=C(NCCc1c(C)noc1C)NCC(C)Oc1ccc(F)cc1. The first-order valence-electron chi connectivity index (χ1n) is 8.28. The monoisotopic (exact) mass is 348 g/mol. The summed E-state index contributed by atoms with van der Waals surface area (Å²) in [5.41, 5.74) is 2.04. The maximum absolute atomic E-state index is 12.9. The minimum absolute atomic E-state index is 0.0911. The molecule has 0 fully saturated rings. The van der Waals surface area contributed by atoms with Crippen LogP contribution in [0.4, 0.5) is 4.39 Å². The number of hydrogen-bond acceptors (Lipinski definition) is 4. The first kappa shape index (κ1) is 18.8. The van der Waals surface area contributed by atoms with Gasteiger partial charge in [-0.1, -0.05) is 5.16 Å². The second kappa shape index (κ2) is 9.05. The summed E-state index contributed by atoms with van der Waals surface area (Å²) < 4.78 is 23.8. The van der Waals surface area contributed by atoms with Gasteiger partial charge in [0.2, 0.25) is 0 Å². The summed E-state index contributed by atoms with van der Waals surface area (Å²) in [7, 11) is 1.72. The molecule has 0 radical (unpaired) electrons. The van der Waals surface area contributed by atoms with Crippen LogP contribution in [0.15, 0.2) is 33.8 Å². The maximum atomic E-state index is 12.9. The van der Waals surface area contributed by atoms with Gasteiger partial charge in [0.1, 0.15) is 23.4 Å². The van der Waals surface area contributed by atoms with Gasteiger partial charge in [0.15, 0.2) is 5.96 Å². The molecule has 0 spiro atoms. The molecular weight excluding hydrogens is 323 g/mol. The van der Waals surface area contributed by atoms with E-state index in [1.54, 1.807) is 19.2 Å². The number of nitrogens with one attached hydrogen (secondary N) is 2. The Bertz CT molecular complexity index is 678. The highest BCUT2D eigenvalue weighted by atomic mass is 19.1. The van der Waals surface area contributed by atoms with Gasteiger partial charge in [-0.3, -0.25) is 4.99 Å². The molecule has 1 unspecified atom stereocenters. The summed E-state index contributed by atoms with van der Waals surface area (Å²) in [6.07, 6.45) is 0.718. The zero-order valence-electron chi connectivity index (χ0n) is 15.1. The highest BCUT2D eigenvalue weighted by Crippen LogP contribution is 2.13. The number of benzene rings is 1. The average Bonchev–Trinajstić information content (AvgIpc) is 2.91. The molecule has 2 rings (SSSR count). The van der Waals surface area contributed by atoms with Crippen LogP contribution in [0.3, 0.4) is 0 Å². The van der Waals surface area contributed by atoms with Crippen LogP contribution >= 0.6 is 0 Å². The zero-order chi connectivity index (χ0) is 18.2. The molecule has 0 aliphatic carbocycles. The van der Waals surface area contributed by atoms with Crippen molar-refractivity contribution in [2.45, 2.75) is 33.3 Å². The molecule has 7 heteroatoms. The molecule has 0 amide bonds. The van der Waals surface area contributed by atoms with E-state index in [9.17, 15) is 4.39 Å². The van der Waals surface area contributed by atoms with Crippen molar-refractivity contribution in [3.05, 3.63) is 47.1 Å². The summed E-state index contributed by atoms with van der Waals surface area (Å²) in [4.78, 5) is 4.19. The molecule has 1 heterocycles. The van der Waals surface area contributed by atoms with Crippen LogP contribution in [0.1, 0.15) is 23.9 Å². The molecule has 0 saturated heterocycles. The topological polar surface area (TPSA) is 71.7 Å². The number of nitrogens with zero attached hydrogens (tertiary/aromatic N) is 2. The lowest BCUT2D eigenvalue weighted by Crippen LogP contribution is -2.42. The summed E-state index contributed by atoms with van der Waals surface area (Å²) in [6, 6.07) is 5.99. The minimum Gasteiger partial charge on any atom is -0.489 e. The van der Waals surface area contributed by atoms with E-state index < -0.39 is 0 Å². The Hall–Kier alpha value is -2.57. The Kier molecular flexibility index (Phi) is 6.80. The first-order valence-corrected chi connectivity index (χ1v) is 8.28. The largest absolute Gasteiger partial charge is 0.489 e. The molecular formula is C18H25FN4O2. The van der Waals surface area contributed by atoms with Crippen LogP contribution in [0.25, 0.3) is 0 Å². The van der Waals surface area contributed by atoms with Crippen LogP contribution in [-0.4, -0.2) is 37.4 Å². The van der Waals surface area contributed by atoms with E-state index in [-0.39, 0.29) is 11.9 Å². The van der Waals surface area contributed by atoms with E-state index in [1.807, 2.05) is 20.8 Å². The summed E-state index contributed by atoms with van der Waals surface area (Å²) in [5, 5.41) is 10.4. The lowest BCUT2D eigenvalue weighted by Gasteiger charge is -2.17. The summed E-state index contributed by atoms with van der Waals surface area (Å²) in [6.45, 7) is 7.08. The molecule has 1 atom stereocenters. The van der Waals surface area contributed by atoms with Gasteiger partial charge in [0, 0.05) is 19.2 Å². The lowest BCUT2D eigenvalue weighted by atomic mass is 10.1. The van der Waals surface area contributed by atoms with Crippen molar-refractivity contribution in [2.24, 2.45) is 4.99 Å². The van der Waals surface area contributed by atoms with Crippen LogP contribution in [0, 0.1) is 19.7 Å². The van der Waals surface area contributed by atoms with Gasteiger partial charge in [-0.05, 0) is 51.5 Å². The number of aliphatic imine (C=N–C) groups is 1. The van der Waals surface area contributed by atoms with Crippen molar-refractivity contribution in [2.75, 3.05) is 20.1 Å². The van der Waals surface area contributed by atoms with Crippen molar-refractivity contribution in [3.8, 4) is 5.75 Å². The third-order valence-corrected chi connectivity index (χ3v) is 3.78. The van der Waals surface area contributed by atoms with Crippen molar-refractivity contribution in [1.29, 1.82) is 0 Å². The molecule has 0 saturated carbocycles. The Morgan fingerprint density at radius 2 is 2.00 bits per heavy atom. The van der Waals surface area contributed by atoms with Crippen molar-refractivity contribution in [1.82, 2.24) is 15.8 Å². The van der Waals surface area contributed by atoms with Crippen LogP contribution in [-0.2, 0) is 6.42 Å². The molecule has 25 heavy (non-hydrogen) atoms. The first-order chi connectivity index (χ1) is 12.0. The number of guanidine groups is 1. The second-order valence-electron chi connectivity index (χ2n) is 5.82. The third kappa shape index (κ3) is 5.77. The van der Waals surface area contributed by atoms with Crippen LogP contribution in [0.2, 0.25) is 0 Å². The maximum Gasteiger partial charge on any atom is 0.191 e. The van der Waals surface area contributed by atoms with E-state index in [2.05, 4.69) is 20.8 Å². The Morgan fingerprint density at radius 3 is 2.60 bits per heavy atom. The van der Waals surface area contributed by atoms with Gasteiger partial charge in [0.25, 0.3) is 0 Å². The standard InChI is InChI=1S/C18H25FN4O2/c1-12(24-16-7-5-15(19)6-8-16)11-22-18(20-4)21-10-9-17-13(2)23-25-14(17)3/h5-8,12H,9-11H2,1-4H3,(H2,20,21,22). The normalized spacial score (nSPS) is 12.8. The molecule has 2 aromatic rings. The predicted molar refractivity (Wildman–Crippen MR) is 95.5 cm³/mol. The van der Waals surface area contributed by atoms with Gasteiger partial charge in [-0.25, -0.2) is 4.39 Å². The van der Waals surface area contributed by atoms with E-state index >= 15 is 0 Å². The van der Waals surface area contributed by atoms with Crippen molar-refractivity contribution >= 4 is 5.96 Å². The fourth-order valence-electron chi connectivity index (χ4n) is 2.41. The molecule has 0 aliphatic rings. The van der Waals surface area contributed by atoms with Crippen LogP contribution < -0.4 is 15.4 Å². The number of rotatable bonds is 7. The summed E-state index contributed by atoms with van der Waals surface area (Å²) in [5.74, 6) is 1.91. The van der Waals surface area contributed by atoms with Crippen molar-refractivity contribution in [3.63, 3.8) is 0 Å². The molecule has 0 bridgehead atoms. The van der Waals surface area contributed by atoms with Gasteiger partial charge < -0.3 is 19.9 Å². The third-order valence-electron chi connectivity index (χ3n) is 3.78. The van der Waals surface area contributed by atoms with E-state index in [0.29, 0.717) is 18.3 Å². The Labute approximate surface area is 147 Å². The van der Waals surface area contributed by atoms with Gasteiger partial charge >= 0.3 is 0 Å². The molecule has 6 nitrogen and oxygen atoms in total. The van der Waals surface area contributed by atoms with Crippen LogP contribution in [0.5, 0.6) is 5.75 Å². The minimum atomic E-state index is -0.277. The van der Waals surface area contributed by atoms with E-state index in [0.717, 1.165) is 30.0 Å². The fraction of sp³-hybridized carbons (Fsp3) is 0.444. The van der Waals surface area contributed by atoms with Crippen molar-refractivity contribution < 1.29 is 13.7 Å². The van der Waals surface area contributed by atoms with Gasteiger partial charge in [-0.15, -0.1) is 0 Å². The molecule has 1 aromatic carbocycles. The van der Waals surface area contributed by atoms with E-state index in [4.69, 9.17) is 9.26 Å². The number of aromatic nitrogens is 1. The number of aryl methyl sites for hydroxylation is 2.